The van der Waals surface area contributed by atoms with Crippen molar-refractivity contribution in [2.45, 2.75) is 91.6 Å². The van der Waals surface area contributed by atoms with Crippen LogP contribution in [0.15, 0.2) is 18.2 Å². The van der Waals surface area contributed by atoms with Crippen LogP contribution in [0.1, 0.15) is 59.9 Å². The quantitative estimate of drug-likeness (QED) is 0.110. The number of nitrogens with two attached hydrogens (primary N) is 1. The number of hydrogen-bond acceptors (Lipinski definition) is 11. The van der Waals surface area contributed by atoms with Gasteiger partial charge < -0.3 is 51.6 Å². The number of hydrogen-bond donors (Lipinski definition) is 7. The molecule has 1 fully saturated rings. The summed E-state index contributed by atoms with van der Waals surface area (Å²) in [6.45, 7) is 10.8. The molecule has 8 N–H and O–H groups in total. The predicted molar refractivity (Wildman–Crippen MR) is 169 cm³/mol. The van der Waals surface area contributed by atoms with Crippen molar-refractivity contribution in [2.75, 3.05) is 31.5 Å². The van der Waals surface area contributed by atoms with E-state index in [2.05, 4.69) is 26.6 Å². The van der Waals surface area contributed by atoms with Gasteiger partial charge in [-0.15, -0.1) is 0 Å². The van der Waals surface area contributed by atoms with E-state index in [9.17, 15) is 29.1 Å². The van der Waals surface area contributed by atoms with E-state index in [1.165, 1.54) is 6.07 Å². The van der Waals surface area contributed by atoms with Gasteiger partial charge in [0.15, 0.2) is 0 Å². The lowest BCUT2D eigenvalue weighted by Gasteiger charge is -2.32. The largest absolute Gasteiger partial charge is 0.463 e. The number of carbonyl (C=O) groups excluding carboxylic acids is 5. The van der Waals surface area contributed by atoms with Crippen LogP contribution in [-0.4, -0.2) is 91.5 Å². The molecule has 0 aromatic heterocycles. The van der Waals surface area contributed by atoms with Crippen LogP contribution < -0.4 is 37.1 Å². The molecule has 1 aromatic carbocycles. The molecule has 15 heteroatoms. The van der Waals surface area contributed by atoms with Crippen molar-refractivity contribution in [2.24, 2.45) is 17.6 Å². The monoisotopic (exact) mass is 650 g/mol. The Morgan fingerprint density at radius 1 is 1.00 bits per heavy atom. The molecule has 4 amide bonds. The van der Waals surface area contributed by atoms with E-state index in [1.54, 1.807) is 39.8 Å². The Morgan fingerprint density at radius 2 is 1.72 bits per heavy atom. The van der Waals surface area contributed by atoms with Gasteiger partial charge in [0, 0.05) is 32.0 Å². The minimum absolute atomic E-state index is 0.0466. The van der Waals surface area contributed by atoms with Crippen LogP contribution in [0.2, 0.25) is 0 Å². The second kappa shape index (κ2) is 19.0. The van der Waals surface area contributed by atoms with Gasteiger partial charge in [-0.3, -0.25) is 24.0 Å². The zero-order valence-electron chi connectivity index (χ0n) is 27.5. The smallest absolute Gasteiger partial charge is 0.308 e. The zero-order chi connectivity index (χ0) is 34.4. The Balaban J connectivity index is 2.16. The lowest BCUT2D eigenvalue weighted by atomic mass is 10.0. The van der Waals surface area contributed by atoms with Gasteiger partial charge in [-0.2, -0.15) is 0 Å². The van der Waals surface area contributed by atoms with Crippen LogP contribution in [0.4, 0.5) is 5.69 Å². The van der Waals surface area contributed by atoms with E-state index in [4.69, 9.17) is 19.9 Å². The molecule has 4 atom stereocenters. The van der Waals surface area contributed by atoms with Crippen molar-refractivity contribution in [3.8, 4) is 5.75 Å². The first kappa shape index (κ1) is 38.4. The van der Waals surface area contributed by atoms with Crippen LogP contribution in [0.3, 0.4) is 0 Å². The summed E-state index contributed by atoms with van der Waals surface area (Å²) >= 11 is 0. The fourth-order valence-corrected chi connectivity index (χ4v) is 4.26. The first-order chi connectivity index (χ1) is 21.7. The van der Waals surface area contributed by atoms with E-state index in [1.807, 2.05) is 13.8 Å². The molecule has 1 aromatic rings. The van der Waals surface area contributed by atoms with E-state index in [0.29, 0.717) is 5.56 Å². The summed E-state index contributed by atoms with van der Waals surface area (Å²) < 4.78 is 17.2. The van der Waals surface area contributed by atoms with Crippen LogP contribution in [0.25, 0.3) is 0 Å². The average Bonchev–Trinajstić information content (AvgIpc) is 2.99. The molecular weight excluding hydrogens is 600 g/mol. The Bertz CT molecular complexity index is 1190. The number of esters is 1. The summed E-state index contributed by atoms with van der Waals surface area (Å²) in [6.07, 6.45) is -2.82. The molecule has 1 aliphatic heterocycles. The van der Waals surface area contributed by atoms with E-state index < -0.39 is 54.8 Å². The third kappa shape index (κ3) is 13.3. The molecule has 0 radical (unpaired) electrons. The van der Waals surface area contributed by atoms with Crippen molar-refractivity contribution in [1.29, 1.82) is 0 Å². The molecule has 15 nitrogen and oxygen atoms in total. The highest BCUT2D eigenvalue weighted by Crippen LogP contribution is 2.31. The normalized spacial score (nSPS) is 18.5. The Labute approximate surface area is 270 Å². The number of benzene rings is 1. The third-order valence-electron chi connectivity index (χ3n) is 6.79. The van der Waals surface area contributed by atoms with Crippen molar-refractivity contribution in [3.05, 3.63) is 23.8 Å². The maximum Gasteiger partial charge on any atom is 0.308 e. The standard InChI is InChI=1S/C31H50N6O9/c1-17(2)28(37-26(40)14-34-19(5)6)30(42)35-15-25(39)36-22-8-7-20(16-44-31(43)18(3)4)11-23(22)45-27-13-21(38)12-24(46-27)29(41)33-10-9-32/h7-8,11,17-19,21,24,27-28,34,38H,9-10,12-16,32H2,1-6H3,(H,33,41)(H,35,42)(H,36,39)(H,37,40). The molecule has 0 bridgehead atoms. The van der Waals surface area contributed by atoms with Gasteiger partial charge in [0.1, 0.15) is 24.5 Å². The predicted octanol–water partition coefficient (Wildman–Crippen LogP) is -0.101. The van der Waals surface area contributed by atoms with Gasteiger partial charge in [-0.25, -0.2) is 0 Å². The lowest BCUT2D eigenvalue weighted by molar-refractivity contribution is -0.184. The summed E-state index contributed by atoms with van der Waals surface area (Å²) in [6, 6.07) is 3.95. The van der Waals surface area contributed by atoms with Crippen molar-refractivity contribution < 1.29 is 43.3 Å². The summed E-state index contributed by atoms with van der Waals surface area (Å²) in [7, 11) is 0. The second-order valence-electron chi connectivity index (χ2n) is 12.1. The summed E-state index contributed by atoms with van der Waals surface area (Å²) in [4.78, 5) is 62.6. The SMILES string of the molecule is CC(C)NCC(=O)NC(C(=O)NCC(=O)Nc1ccc(COC(=O)C(C)C)cc1OC1CC(O)CC(C(=O)NCCN)O1)C(C)C. The van der Waals surface area contributed by atoms with Crippen LogP contribution in [0.5, 0.6) is 5.75 Å². The molecule has 258 valence electrons. The molecule has 4 unspecified atom stereocenters. The van der Waals surface area contributed by atoms with Crippen LogP contribution in [-0.2, 0) is 40.1 Å². The highest BCUT2D eigenvalue weighted by atomic mass is 16.7. The topological polar surface area (TPSA) is 219 Å². The number of nitrogens with one attached hydrogen (secondary N) is 5. The maximum absolute atomic E-state index is 12.9. The average molecular weight is 651 g/mol. The summed E-state index contributed by atoms with van der Waals surface area (Å²) in [5, 5.41) is 24.0. The molecule has 0 saturated carbocycles. The minimum Gasteiger partial charge on any atom is -0.463 e. The molecule has 46 heavy (non-hydrogen) atoms. The van der Waals surface area contributed by atoms with Crippen molar-refractivity contribution >= 4 is 35.3 Å². The molecule has 0 aliphatic carbocycles. The molecule has 1 saturated heterocycles. The Kier molecular flexibility index (Phi) is 15.9. The lowest BCUT2D eigenvalue weighted by Crippen LogP contribution is -2.52. The van der Waals surface area contributed by atoms with E-state index in [-0.39, 0.29) is 74.3 Å². The van der Waals surface area contributed by atoms with Gasteiger partial charge >= 0.3 is 5.97 Å². The van der Waals surface area contributed by atoms with Crippen LogP contribution >= 0.6 is 0 Å². The molecule has 0 spiro atoms. The summed E-state index contributed by atoms with van der Waals surface area (Å²) in [5.41, 5.74) is 6.22. The van der Waals surface area contributed by atoms with Crippen LogP contribution in [0, 0.1) is 11.8 Å². The number of amides is 4. The fourth-order valence-electron chi connectivity index (χ4n) is 4.26. The van der Waals surface area contributed by atoms with Crippen molar-refractivity contribution in [1.82, 2.24) is 21.3 Å². The second-order valence-corrected chi connectivity index (χ2v) is 12.1. The Morgan fingerprint density at radius 3 is 2.35 bits per heavy atom. The molecule has 1 heterocycles. The van der Waals surface area contributed by atoms with Gasteiger partial charge in [0.25, 0.3) is 0 Å². The highest BCUT2D eigenvalue weighted by molar-refractivity contribution is 5.97. The number of ether oxygens (including phenoxy) is 3. The molecule has 2 rings (SSSR count). The van der Waals surface area contributed by atoms with E-state index in [0.717, 1.165) is 0 Å². The van der Waals surface area contributed by atoms with E-state index >= 15 is 0 Å². The molecular formula is C31H50N6O9. The number of aliphatic hydroxyl groups excluding tert-OH is 1. The minimum atomic E-state index is -1.05. The molecule has 1 aliphatic rings. The van der Waals surface area contributed by atoms with Gasteiger partial charge in [-0.1, -0.05) is 47.6 Å². The number of rotatable bonds is 17. The maximum atomic E-state index is 12.9. The van der Waals surface area contributed by atoms with Gasteiger partial charge in [0.2, 0.25) is 29.9 Å². The van der Waals surface area contributed by atoms with Crippen molar-refractivity contribution in [3.63, 3.8) is 0 Å². The highest BCUT2D eigenvalue weighted by Gasteiger charge is 2.34. The third-order valence-corrected chi connectivity index (χ3v) is 6.79. The number of aliphatic hydroxyl groups is 1. The van der Waals surface area contributed by atoms with Gasteiger partial charge in [-0.05, 0) is 23.6 Å². The summed E-state index contributed by atoms with van der Waals surface area (Å²) in [5.74, 6) is -2.73. The Hall–Kier alpha value is -3.79. The number of anilines is 1. The first-order valence-electron chi connectivity index (χ1n) is 15.6. The van der Waals surface area contributed by atoms with Gasteiger partial charge in [0.05, 0.1) is 30.8 Å². The zero-order valence-corrected chi connectivity index (χ0v) is 27.5. The first-order valence-corrected chi connectivity index (χ1v) is 15.6. The fraction of sp³-hybridized carbons (Fsp3) is 0.645. The number of carbonyl (C=O) groups is 5.